The molecule has 0 unspecified atom stereocenters. The number of methoxy groups -OCH3 is 1. The molecule has 132 valence electrons. The summed E-state index contributed by atoms with van der Waals surface area (Å²) in [6, 6.07) is 12.7. The number of nitrogens with two attached hydrogens (primary N) is 1. The van der Waals surface area contributed by atoms with Crippen molar-refractivity contribution in [1.29, 1.82) is 0 Å². The zero-order chi connectivity index (χ0) is 18.2. The smallest absolute Gasteiger partial charge is 0.255 e. The van der Waals surface area contributed by atoms with E-state index in [4.69, 9.17) is 15.2 Å². The van der Waals surface area contributed by atoms with Crippen LogP contribution in [-0.4, -0.2) is 32.1 Å². The van der Waals surface area contributed by atoms with Crippen molar-refractivity contribution >= 4 is 11.8 Å². The van der Waals surface area contributed by atoms with Crippen LogP contribution in [0.5, 0.6) is 11.5 Å². The molecule has 0 fully saturated rings. The van der Waals surface area contributed by atoms with Crippen molar-refractivity contribution in [1.82, 2.24) is 5.32 Å². The number of primary amides is 1. The number of benzene rings is 2. The van der Waals surface area contributed by atoms with Gasteiger partial charge in [0.15, 0.2) is 6.61 Å². The highest BCUT2D eigenvalue weighted by atomic mass is 16.5. The van der Waals surface area contributed by atoms with Crippen LogP contribution in [0.1, 0.15) is 21.5 Å². The largest absolute Gasteiger partial charge is 0.496 e. The molecule has 6 nitrogen and oxygen atoms in total. The van der Waals surface area contributed by atoms with Crippen LogP contribution in [-0.2, 0) is 11.2 Å². The molecule has 0 aromatic heterocycles. The zero-order valence-electron chi connectivity index (χ0n) is 14.4. The normalized spacial score (nSPS) is 10.2. The van der Waals surface area contributed by atoms with E-state index in [1.54, 1.807) is 31.4 Å². The summed E-state index contributed by atoms with van der Waals surface area (Å²) in [5.74, 6) is 0.299. The molecule has 0 aliphatic rings. The van der Waals surface area contributed by atoms with Gasteiger partial charge >= 0.3 is 0 Å². The van der Waals surface area contributed by atoms with Gasteiger partial charge in [0, 0.05) is 6.54 Å². The van der Waals surface area contributed by atoms with Gasteiger partial charge in [0.2, 0.25) is 0 Å². The van der Waals surface area contributed by atoms with Gasteiger partial charge in [0.25, 0.3) is 11.8 Å². The first-order valence-corrected chi connectivity index (χ1v) is 7.93. The maximum atomic E-state index is 12.3. The molecule has 6 heteroatoms. The molecule has 0 bridgehead atoms. The summed E-state index contributed by atoms with van der Waals surface area (Å²) in [4.78, 5) is 23.2. The van der Waals surface area contributed by atoms with Crippen LogP contribution >= 0.6 is 0 Å². The van der Waals surface area contributed by atoms with E-state index < -0.39 is 5.91 Å². The summed E-state index contributed by atoms with van der Waals surface area (Å²) < 4.78 is 10.6. The average Bonchev–Trinajstić information content (AvgIpc) is 2.61. The number of amides is 2. The van der Waals surface area contributed by atoms with Crippen molar-refractivity contribution in [2.24, 2.45) is 5.73 Å². The van der Waals surface area contributed by atoms with E-state index in [2.05, 4.69) is 5.32 Å². The monoisotopic (exact) mass is 342 g/mol. The van der Waals surface area contributed by atoms with E-state index in [1.807, 2.05) is 25.1 Å². The van der Waals surface area contributed by atoms with Crippen molar-refractivity contribution < 1.29 is 19.1 Å². The van der Waals surface area contributed by atoms with Gasteiger partial charge < -0.3 is 20.5 Å². The fourth-order valence-electron chi connectivity index (χ4n) is 2.36. The van der Waals surface area contributed by atoms with Gasteiger partial charge in [-0.1, -0.05) is 24.3 Å². The third-order valence-electron chi connectivity index (χ3n) is 3.67. The van der Waals surface area contributed by atoms with Crippen LogP contribution in [0, 0.1) is 6.92 Å². The Bertz CT molecular complexity index is 759. The predicted octanol–water partition coefficient (Wildman–Crippen LogP) is 1.84. The van der Waals surface area contributed by atoms with Crippen molar-refractivity contribution in [2.45, 2.75) is 13.3 Å². The van der Waals surface area contributed by atoms with E-state index in [1.165, 1.54) is 0 Å². The molecule has 25 heavy (non-hydrogen) atoms. The minimum absolute atomic E-state index is 0.265. The quantitative estimate of drug-likeness (QED) is 0.766. The van der Waals surface area contributed by atoms with Crippen molar-refractivity contribution in [3.8, 4) is 11.5 Å². The highest BCUT2D eigenvalue weighted by Gasteiger charge is 2.12. The number of hydrogen-bond donors (Lipinski definition) is 2. The third kappa shape index (κ3) is 5.24. The van der Waals surface area contributed by atoms with Crippen LogP contribution in [0.3, 0.4) is 0 Å². The predicted molar refractivity (Wildman–Crippen MR) is 94.9 cm³/mol. The SMILES string of the molecule is COc1cc(CCNC(=O)c2ccccc2OCC(N)=O)ccc1C. The van der Waals surface area contributed by atoms with Gasteiger partial charge in [-0.05, 0) is 42.7 Å². The number of ether oxygens (including phenoxy) is 2. The lowest BCUT2D eigenvalue weighted by atomic mass is 10.1. The lowest BCUT2D eigenvalue weighted by molar-refractivity contribution is -0.119. The zero-order valence-corrected chi connectivity index (χ0v) is 14.4. The summed E-state index contributed by atoms with van der Waals surface area (Å²) in [6.45, 7) is 2.18. The minimum atomic E-state index is -0.594. The first kappa shape index (κ1) is 18.3. The maximum Gasteiger partial charge on any atom is 0.255 e. The Kier molecular flexibility index (Phi) is 6.39. The van der Waals surface area contributed by atoms with Crippen LogP contribution in [0.4, 0.5) is 0 Å². The Morgan fingerprint density at radius 3 is 2.60 bits per heavy atom. The summed E-state index contributed by atoms with van der Waals surface area (Å²) in [6.07, 6.45) is 0.673. The van der Waals surface area contributed by atoms with Crippen LogP contribution in [0.2, 0.25) is 0 Å². The molecule has 0 heterocycles. The lowest BCUT2D eigenvalue weighted by Crippen LogP contribution is -2.27. The highest BCUT2D eigenvalue weighted by Crippen LogP contribution is 2.20. The average molecular weight is 342 g/mol. The van der Waals surface area contributed by atoms with Gasteiger partial charge in [0.1, 0.15) is 11.5 Å². The number of nitrogens with one attached hydrogen (secondary N) is 1. The van der Waals surface area contributed by atoms with E-state index >= 15 is 0 Å². The first-order valence-electron chi connectivity index (χ1n) is 7.93. The first-order chi connectivity index (χ1) is 12.0. The molecule has 2 amide bonds. The topological polar surface area (TPSA) is 90.7 Å². The fourth-order valence-corrected chi connectivity index (χ4v) is 2.36. The van der Waals surface area contributed by atoms with E-state index in [0.29, 0.717) is 24.3 Å². The van der Waals surface area contributed by atoms with Crippen LogP contribution in [0.25, 0.3) is 0 Å². The molecule has 0 aliphatic heterocycles. The molecule has 3 N–H and O–H groups in total. The molecule has 0 saturated carbocycles. The molecule has 0 radical (unpaired) electrons. The van der Waals surface area contributed by atoms with Gasteiger partial charge in [0.05, 0.1) is 12.7 Å². The van der Waals surface area contributed by atoms with Crippen molar-refractivity contribution in [3.63, 3.8) is 0 Å². The van der Waals surface area contributed by atoms with E-state index in [0.717, 1.165) is 16.9 Å². The van der Waals surface area contributed by atoms with E-state index in [-0.39, 0.29) is 12.5 Å². The van der Waals surface area contributed by atoms with E-state index in [9.17, 15) is 9.59 Å². The Balaban J connectivity index is 1.95. The van der Waals surface area contributed by atoms with Gasteiger partial charge in [-0.3, -0.25) is 9.59 Å². The highest BCUT2D eigenvalue weighted by molar-refractivity contribution is 5.97. The Morgan fingerprint density at radius 1 is 1.12 bits per heavy atom. The Labute approximate surface area is 146 Å². The second-order valence-electron chi connectivity index (χ2n) is 5.56. The number of carbonyl (C=O) groups is 2. The summed E-state index contributed by atoms with van der Waals surface area (Å²) in [5.41, 5.74) is 7.57. The summed E-state index contributed by atoms with van der Waals surface area (Å²) >= 11 is 0. The van der Waals surface area contributed by atoms with Gasteiger partial charge in [-0.15, -0.1) is 0 Å². The molecule has 0 spiro atoms. The molecule has 0 atom stereocenters. The number of rotatable bonds is 8. The number of aryl methyl sites for hydroxylation is 1. The molecule has 0 saturated heterocycles. The molecule has 2 rings (SSSR count). The summed E-state index contributed by atoms with van der Waals surface area (Å²) in [5, 5.41) is 2.85. The number of para-hydroxylation sites is 1. The van der Waals surface area contributed by atoms with Crippen LogP contribution < -0.4 is 20.5 Å². The third-order valence-corrected chi connectivity index (χ3v) is 3.67. The molecular formula is C19H22N2O4. The Hall–Kier alpha value is -3.02. The number of hydrogen-bond acceptors (Lipinski definition) is 4. The molecule has 2 aromatic carbocycles. The number of carbonyl (C=O) groups excluding carboxylic acids is 2. The lowest BCUT2D eigenvalue weighted by Gasteiger charge is -2.11. The molecule has 2 aromatic rings. The second-order valence-corrected chi connectivity index (χ2v) is 5.56. The minimum Gasteiger partial charge on any atom is -0.496 e. The van der Waals surface area contributed by atoms with Gasteiger partial charge in [-0.2, -0.15) is 0 Å². The van der Waals surface area contributed by atoms with Crippen molar-refractivity contribution in [2.75, 3.05) is 20.3 Å². The Morgan fingerprint density at radius 2 is 1.88 bits per heavy atom. The summed E-state index contributed by atoms with van der Waals surface area (Å²) in [7, 11) is 1.64. The molecule has 0 aliphatic carbocycles. The van der Waals surface area contributed by atoms with Crippen molar-refractivity contribution in [3.05, 3.63) is 59.2 Å². The standard InChI is InChI=1S/C19H22N2O4/c1-13-7-8-14(11-17(13)24-2)9-10-21-19(23)15-5-3-4-6-16(15)25-12-18(20)22/h3-8,11H,9-10,12H2,1-2H3,(H2,20,22)(H,21,23). The van der Waals surface area contributed by atoms with Gasteiger partial charge in [-0.25, -0.2) is 0 Å². The second kappa shape index (κ2) is 8.73. The van der Waals surface area contributed by atoms with Crippen LogP contribution in [0.15, 0.2) is 42.5 Å². The molecular weight excluding hydrogens is 320 g/mol. The maximum absolute atomic E-state index is 12.3. The fraction of sp³-hybridized carbons (Fsp3) is 0.263.